The number of primary amides is 1. The molecule has 1 aromatic heterocycles. The molecule has 0 saturated carbocycles. The zero-order valence-corrected chi connectivity index (χ0v) is 13.5. The van der Waals surface area contributed by atoms with Gasteiger partial charge in [0.1, 0.15) is 11.6 Å². The molecule has 0 saturated heterocycles. The fraction of sp³-hybridized carbons (Fsp3) is 0.308. The summed E-state index contributed by atoms with van der Waals surface area (Å²) in [7, 11) is 1.75. The third-order valence-electron chi connectivity index (χ3n) is 2.77. The number of benzene rings is 1. The van der Waals surface area contributed by atoms with Crippen molar-refractivity contribution in [1.82, 2.24) is 14.8 Å². The lowest BCUT2D eigenvalue weighted by atomic mass is 10.3. The molecule has 22 heavy (non-hydrogen) atoms. The number of carbonyl (C=O) groups excluding carboxylic acids is 1. The molecule has 0 aliphatic heterocycles. The van der Waals surface area contributed by atoms with Gasteiger partial charge in [-0.3, -0.25) is 4.79 Å². The number of hydrogen-bond donors (Lipinski definition) is 1. The topological polar surface area (TPSA) is 83.0 Å². The van der Waals surface area contributed by atoms with Gasteiger partial charge in [-0.2, -0.15) is 0 Å². The molecule has 0 aliphatic rings. The summed E-state index contributed by atoms with van der Waals surface area (Å²) in [4.78, 5) is 10.8. The summed E-state index contributed by atoms with van der Waals surface area (Å²) < 4.78 is 20.4. The summed E-state index contributed by atoms with van der Waals surface area (Å²) in [5.41, 5.74) is 5.10. The van der Waals surface area contributed by atoms with E-state index >= 15 is 0 Å². The third-order valence-corrected chi connectivity index (χ3v) is 4.11. The highest BCUT2D eigenvalue weighted by Gasteiger charge is 2.18. The van der Waals surface area contributed by atoms with Gasteiger partial charge in [0.25, 0.3) is 0 Å². The number of ether oxygens (including phenoxy) is 1. The number of rotatable bonds is 6. The van der Waals surface area contributed by atoms with Gasteiger partial charge >= 0.3 is 0 Å². The number of carbonyl (C=O) groups is 1. The second kappa shape index (κ2) is 6.97. The Morgan fingerprint density at radius 2 is 2.27 bits per heavy atom. The van der Waals surface area contributed by atoms with Crippen molar-refractivity contribution < 1.29 is 13.9 Å². The Morgan fingerprint density at radius 1 is 1.55 bits per heavy atom. The van der Waals surface area contributed by atoms with E-state index in [9.17, 15) is 9.18 Å². The lowest BCUT2D eigenvalue weighted by Crippen LogP contribution is -2.14. The van der Waals surface area contributed by atoms with E-state index in [1.807, 2.05) is 0 Å². The van der Waals surface area contributed by atoms with Gasteiger partial charge in [0.2, 0.25) is 5.91 Å². The van der Waals surface area contributed by atoms with Crippen LogP contribution in [0, 0.1) is 5.82 Å². The second-order valence-corrected chi connectivity index (χ2v) is 5.84. The second-order valence-electron chi connectivity index (χ2n) is 4.49. The van der Waals surface area contributed by atoms with Crippen molar-refractivity contribution in [3.8, 4) is 5.75 Å². The molecule has 1 amide bonds. The molecule has 0 fully saturated rings. The van der Waals surface area contributed by atoms with Gasteiger partial charge in [0.05, 0.1) is 10.8 Å². The summed E-state index contributed by atoms with van der Waals surface area (Å²) >= 11 is 7.12. The molecule has 2 rings (SSSR count). The normalized spacial score (nSPS) is 12.2. The standard InChI is InChI=1S/C13H14ClFN4O2S/c1-7(21-10-4-3-8(15)5-9(10)14)12-17-18-13(19(12)2)22-6-11(16)20/h3-5,7H,6H2,1-2H3,(H2,16,20)/t7-/m1/s1. The highest BCUT2D eigenvalue weighted by molar-refractivity contribution is 7.99. The Balaban J connectivity index is 2.12. The van der Waals surface area contributed by atoms with Crippen LogP contribution in [0.1, 0.15) is 18.9 Å². The van der Waals surface area contributed by atoms with Crippen molar-refractivity contribution in [2.45, 2.75) is 18.2 Å². The smallest absolute Gasteiger partial charge is 0.227 e. The van der Waals surface area contributed by atoms with Crippen LogP contribution in [0.2, 0.25) is 5.02 Å². The Morgan fingerprint density at radius 3 is 2.91 bits per heavy atom. The van der Waals surface area contributed by atoms with Crippen LogP contribution in [-0.4, -0.2) is 26.4 Å². The predicted molar refractivity (Wildman–Crippen MR) is 81.4 cm³/mol. The SMILES string of the molecule is C[C@@H](Oc1ccc(F)cc1Cl)c1nnc(SCC(N)=O)n1C. The Bertz CT molecular complexity index is 695. The van der Waals surface area contributed by atoms with Crippen molar-refractivity contribution in [2.24, 2.45) is 12.8 Å². The minimum absolute atomic E-state index is 0.116. The number of aromatic nitrogens is 3. The molecular formula is C13H14ClFN4O2S. The average Bonchev–Trinajstić information content (AvgIpc) is 2.81. The zero-order valence-electron chi connectivity index (χ0n) is 11.9. The molecule has 118 valence electrons. The van der Waals surface area contributed by atoms with Crippen LogP contribution in [0.15, 0.2) is 23.4 Å². The molecule has 6 nitrogen and oxygen atoms in total. The molecule has 2 N–H and O–H groups in total. The van der Waals surface area contributed by atoms with E-state index in [4.69, 9.17) is 22.1 Å². The fourth-order valence-electron chi connectivity index (χ4n) is 1.76. The van der Waals surface area contributed by atoms with Gasteiger partial charge in [0.15, 0.2) is 17.1 Å². The van der Waals surface area contributed by atoms with E-state index in [1.54, 1.807) is 18.5 Å². The first-order valence-corrected chi connectivity index (χ1v) is 7.67. The molecule has 0 radical (unpaired) electrons. The average molecular weight is 345 g/mol. The summed E-state index contributed by atoms with van der Waals surface area (Å²) in [5.74, 6) is 0.147. The number of nitrogens with two attached hydrogens (primary N) is 1. The quantitative estimate of drug-likeness (QED) is 0.813. The van der Waals surface area contributed by atoms with Gasteiger partial charge < -0.3 is 15.0 Å². The highest BCUT2D eigenvalue weighted by atomic mass is 35.5. The van der Waals surface area contributed by atoms with E-state index in [-0.39, 0.29) is 10.8 Å². The largest absolute Gasteiger partial charge is 0.481 e. The van der Waals surface area contributed by atoms with Crippen LogP contribution in [0.5, 0.6) is 5.75 Å². The molecule has 0 bridgehead atoms. The maximum Gasteiger partial charge on any atom is 0.227 e. The van der Waals surface area contributed by atoms with Crippen LogP contribution in [0.4, 0.5) is 4.39 Å². The summed E-state index contributed by atoms with van der Waals surface area (Å²) in [5, 5.41) is 8.75. The van der Waals surface area contributed by atoms with Crippen molar-refractivity contribution in [2.75, 3.05) is 5.75 Å². The van der Waals surface area contributed by atoms with Gasteiger partial charge in [-0.25, -0.2) is 4.39 Å². The van der Waals surface area contributed by atoms with E-state index < -0.39 is 17.8 Å². The van der Waals surface area contributed by atoms with E-state index in [2.05, 4.69) is 10.2 Å². The molecule has 9 heteroatoms. The van der Waals surface area contributed by atoms with Crippen LogP contribution in [0.3, 0.4) is 0 Å². The monoisotopic (exact) mass is 344 g/mol. The van der Waals surface area contributed by atoms with Gasteiger partial charge in [0, 0.05) is 7.05 Å². The summed E-state index contributed by atoms with van der Waals surface area (Å²) in [6.07, 6.45) is -0.455. The molecule has 1 heterocycles. The van der Waals surface area contributed by atoms with Crippen molar-refractivity contribution in [3.63, 3.8) is 0 Å². The summed E-state index contributed by atoms with van der Waals surface area (Å²) in [6.45, 7) is 1.77. The lowest BCUT2D eigenvalue weighted by molar-refractivity contribution is -0.115. The molecule has 0 unspecified atom stereocenters. The lowest BCUT2D eigenvalue weighted by Gasteiger charge is -2.15. The van der Waals surface area contributed by atoms with Gasteiger partial charge in [-0.1, -0.05) is 23.4 Å². The number of amides is 1. The number of hydrogen-bond acceptors (Lipinski definition) is 5. The maximum absolute atomic E-state index is 13.0. The molecule has 2 aromatic rings. The molecular weight excluding hydrogens is 331 g/mol. The van der Waals surface area contributed by atoms with Gasteiger partial charge in [-0.15, -0.1) is 10.2 Å². The van der Waals surface area contributed by atoms with Crippen molar-refractivity contribution in [3.05, 3.63) is 34.9 Å². The minimum Gasteiger partial charge on any atom is -0.481 e. The molecule has 1 aromatic carbocycles. The summed E-state index contributed by atoms with van der Waals surface area (Å²) in [6, 6.07) is 3.89. The Hall–Kier alpha value is -1.80. The van der Waals surface area contributed by atoms with E-state index in [0.717, 1.165) is 0 Å². The first-order chi connectivity index (χ1) is 10.4. The van der Waals surface area contributed by atoms with Crippen molar-refractivity contribution in [1.29, 1.82) is 0 Å². The first kappa shape index (κ1) is 16.6. The number of thioether (sulfide) groups is 1. The van der Waals surface area contributed by atoms with Crippen LogP contribution >= 0.6 is 23.4 Å². The predicted octanol–water partition coefficient (Wildman–Crippen LogP) is 2.32. The third kappa shape index (κ3) is 3.89. The van der Waals surface area contributed by atoms with Crippen LogP contribution in [0.25, 0.3) is 0 Å². The Labute approximate surface area is 135 Å². The number of halogens is 2. The van der Waals surface area contributed by atoms with Crippen LogP contribution < -0.4 is 10.5 Å². The van der Waals surface area contributed by atoms with Gasteiger partial charge in [-0.05, 0) is 25.1 Å². The first-order valence-electron chi connectivity index (χ1n) is 6.30. The number of nitrogens with zero attached hydrogens (tertiary/aromatic N) is 3. The minimum atomic E-state index is -0.455. The van der Waals surface area contributed by atoms with Crippen LogP contribution in [-0.2, 0) is 11.8 Å². The Kier molecular flexibility index (Phi) is 5.25. The molecule has 0 spiro atoms. The van der Waals surface area contributed by atoms with E-state index in [0.29, 0.717) is 16.7 Å². The van der Waals surface area contributed by atoms with E-state index in [1.165, 1.54) is 30.0 Å². The maximum atomic E-state index is 13.0. The van der Waals surface area contributed by atoms with Crippen molar-refractivity contribution >= 4 is 29.3 Å². The highest BCUT2D eigenvalue weighted by Crippen LogP contribution is 2.29. The molecule has 1 atom stereocenters. The molecule has 0 aliphatic carbocycles. The zero-order chi connectivity index (χ0) is 16.3. The fourth-order valence-corrected chi connectivity index (χ4v) is 2.62.